The second-order valence-corrected chi connectivity index (χ2v) is 7.12. The molecule has 1 aliphatic heterocycles. The van der Waals surface area contributed by atoms with Crippen LogP contribution in [-0.2, 0) is 10.0 Å². The topological polar surface area (TPSA) is 58.2 Å². The van der Waals surface area contributed by atoms with Crippen LogP contribution in [0.25, 0.3) is 0 Å². The molecule has 2 N–H and O–H groups in total. The fraction of sp³-hybridized carbons (Fsp3) is 0.455. The molecule has 0 spiro atoms. The fourth-order valence-corrected chi connectivity index (χ4v) is 3.74. The van der Waals surface area contributed by atoms with Gasteiger partial charge in [0.2, 0.25) is 10.0 Å². The Morgan fingerprint density at radius 1 is 1.44 bits per heavy atom. The molecule has 0 amide bonds. The molecule has 1 atom stereocenters. The molecule has 0 saturated carbocycles. The minimum Gasteiger partial charge on any atom is -0.313 e. The zero-order chi connectivity index (χ0) is 12.3. The highest BCUT2D eigenvalue weighted by molar-refractivity contribution is 14.1. The van der Waals surface area contributed by atoms with Crippen LogP contribution in [0.15, 0.2) is 29.2 Å². The predicted octanol–water partition coefficient (Wildman–Crippen LogP) is 1.74. The van der Waals surface area contributed by atoms with Crippen LogP contribution < -0.4 is 10.0 Å². The molecule has 0 aliphatic carbocycles. The summed E-state index contributed by atoms with van der Waals surface area (Å²) >= 11 is 2.11. The van der Waals surface area contributed by atoms with Gasteiger partial charge in [0.1, 0.15) is 0 Å². The number of hydrogen-bond acceptors (Lipinski definition) is 3. The molecule has 0 bridgehead atoms. The minimum absolute atomic E-state index is 0. The van der Waals surface area contributed by atoms with Gasteiger partial charge in [-0.15, -0.1) is 12.4 Å². The van der Waals surface area contributed by atoms with E-state index >= 15 is 0 Å². The van der Waals surface area contributed by atoms with Gasteiger partial charge in [0.25, 0.3) is 0 Å². The highest BCUT2D eigenvalue weighted by Crippen LogP contribution is 2.13. The van der Waals surface area contributed by atoms with E-state index in [2.05, 4.69) is 32.6 Å². The first-order chi connectivity index (χ1) is 8.08. The molecule has 1 aliphatic rings. The molecule has 102 valence electrons. The number of benzene rings is 1. The van der Waals surface area contributed by atoms with Crippen molar-refractivity contribution >= 4 is 45.0 Å². The number of sulfonamides is 1. The largest absolute Gasteiger partial charge is 0.313 e. The van der Waals surface area contributed by atoms with Crippen LogP contribution in [0.5, 0.6) is 0 Å². The lowest BCUT2D eigenvalue weighted by Gasteiger charge is -2.12. The summed E-state index contributed by atoms with van der Waals surface area (Å²) in [5.74, 6) is 0. The van der Waals surface area contributed by atoms with E-state index in [4.69, 9.17) is 0 Å². The molecule has 2 rings (SSSR count). The predicted molar refractivity (Wildman–Crippen MR) is 82.6 cm³/mol. The van der Waals surface area contributed by atoms with Crippen molar-refractivity contribution < 1.29 is 8.42 Å². The summed E-state index contributed by atoms with van der Waals surface area (Å²) in [6.07, 6.45) is 2.16. The first-order valence-corrected chi connectivity index (χ1v) is 8.13. The molecule has 1 heterocycles. The lowest BCUT2D eigenvalue weighted by atomic mass is 10.2. The Labute approximate surface area is 128 Å². The highest BCUT2D eigenvalue weighted by Gasteiger charge is 2.19. The molecule has 18 heavy (non-hydrogen) atoms. The normalized spacial score (nSPS) is 19.5. The van der Waals surface area contributed by atoms with Gasteiger partial charge in [0.05, 0.1) is 4.90 Å². The van der Waals surface area contributed by atoms with E-state index in [-0.39, 0.29) is 18.4 Å². The number of rotatable bonds is 4. The Hall–Kier alpha value is 0.110. The molecule has 1 unspecified atom stereocenters. The van der Waals surface area contributed by atoms with E-state index in [1.54, 1.807) is 18.2 Å². The zero-order valence-corrected chi connectivity index (χ0v) is 13.5. The third-order valence-electron chi connectivity index (χ3n) is 2.79. The van der Waals surface area contributed by atoms with Crippen molar-refractivity contribution in [1.29, 1.82) is 0 Å². The SMILES string of the molecule is Cl.O=S(=O)(NCC1CCCN1)c1cccc(I)c1. The Bertz CT molecular complexity index is 490. The van der Waals surface area contributed by atoms with Crippen LogP contribution in [0.3, 0.4) is 0 Å². The van der Waals surface area contributed by atoms with Crippen molar-refractivity contribution in [2.45, 2.75) is 23.8 Å². The summed E-state index contributed by atoms with van der Waals surface area (Å²) in [6, 6.07) is 7.19. The van der Waals surface area contributed by atoms with Gasteiger partial charge in [-0.25, -0.2) is 13.1 Å². The van der Waals surface area contributed by atoms with E-state index in [0.29, 0.717) is 11.4 Å². The first kappa shape index (κ1) is 16.2. The van der Waals surface area contributed by atoms with Gasteiger partial charge < -0.3 is 5.32 Å². The fourth-order valence-electron chi connectivity index (χ4n) is 1.86. The van der Waals surface area contributed by atoms with Crippen LogP contribution in [-0.4, -0.2) is 27.5 Å². The van der Waals surface area contributed by atoms with Gasteiger partial charge in [-0.05, 0) is 60.2 Å². The van der Waals surface area contributed by atoms with Crippen LogP contribution in [0.1, 0.15) is 12.8 Å². The Kier molecular flexibility index (Phi) is 6.32. The van der Waals surface area contributed by atoms with Gasteiger partial charge in [-0.1, -0.05) is 6.07 Å². The molecule has 1 saturated heterocycles. The van der Waals surface area contributed by atoms with E-state index in [9.17, 15) is 8.42 Å². The van der Waals surface area contributed by atoms with Crippen molar-refractivity contribution in [3.63, 3.8) is 0 Å². The molecule has 4 nitrogen and oxygen atoms in total. The van der Waals surface area contributed by atoms with Crippen LogP contribution >= 0.6 is 35.0 Å². The molecular weight excluding hydrogens is 387 g/mol. The van der Waals surface area contributed by atoms with Crippen molar-refractivity contribution in [1.82, 2.24) is 10.0 Å². The molecule has 1 aromatic carbocycles. The zero-order valence-electron chi connectivity index (χ0n) is 9.73. The third-order valence-corrected chi connectivity index (χ3v) is 4.88. The third kappa shape index (κ3) is 4.34. The number of halogens is 2. The van der Waals surface area contributed by atoms with E-state index in [1.807, 2.05) is 6.07 Å². The second-order valence-electron chi connectivity index (χ2n) is 4.10. The average Bonchev–Trinajstić information content (AvgIpc) is 2.79. The maximum Gasteiger partial charge on any atom is 0.240 e. The highest BCUT2D eigenvalue weighted by atomic mass is 127. The van der Waals surface area contributed by atoms with Crippen molar-refractivity contribution in [3.05, 3.63) is 27.8 Å². The van der Waals surface area contributed by atoms with E-state index < -0.39 is 10.0 Å². The standard InChI is InChI=1S/C11H15IN2O2S.ClH/c12-9-3-1-5-11(7-9)17(15,16)14-8-10-4-2-6-13-10;/h1,3,5,7,10,13-14H,2,4,6,8H2;1H. The summed E-state index contributed by atoms with van der Waals surface area (Å²) < 4.78 is 27.6. The van der Waals surface area contributed by atoms with Gasteiger partial charge in [-0.2, -0.15) is 0 Å². The quantitative estimate of drug-likeness (QED) is 0.754. The van der Waals surface area contributed by atoms with Crippen molar-refractivity contribution in [2.24, 2.45) is 0 Å². The van der Waals surface area contributed by atoms with Crippen LogP contribution in [0.4, 0.5) is 0 Å². The van der Waals surface area contributed by atoms with E-state index in [1.165, 1.54) is 0 Å². The molecule has 0 aromatic heterocycles. The Morgan fingerprint density at radius 3 is 2.83 bits per heavy atom. The van der Waals surface area contributed by atoms with Crippen LogP contribution in [0, 0.1) is 3.57 Å². The summed E-state index contributed by atoms with van der Waals surface area (Å²) in [4.78, 5) is 0.336. The summed E-state index contributed by atoms with van der Waals surface area (Å²) in [5.41, 5.74) is 0. The first-order valence-electron chi connectivity index (χ1n) is 5.56. The second kappa shape index (κ2) is 7.04. The molecule has 1 aromatic rings. The molecular formula is C11H16ClIN2O2S. The summed E-state index contributed by atoms with van der Waals surface area (Å²) in [7, 11) is -3.37. The van der Waals surface area contributed by atoms with Gasteiger partial charge in [0.15, 0.2) is 0 Å². The van der Waals surface area contributed by atoms with Gasteiger partial charge >= 0.3 is 0 Å². The number of nitrogens with one attached hydrogen (secondary N) is 2. The molecule has 0 radical (unpaired) electrons. The maximum absolute atomic E-state index is 12.0. The number of hydrogen-bond donors (Lipinski definition) is 2. The molecule has 1 fully saturated rings. The van der Waals surface area contributed by atoms with Crippen molar-refractivity contribution in [2.75, 3.05) is 13.1 Å². The van der Waals surface area contributed by atoms with E-state index in [0.717, 1.165) is 23.0 Å². The van der Waals surface area contributed by atoms with Gasteiger partial charge in [0, 0.05) is 16.2 Å². The monoisotopic (exact) mass is 402 g/mol. The average molecular weight is 403 g/mol. The smallest absolute Gasteiger partial charge is 0.240 e. The summed E-state index contributed by atoms with van der Waals surface area (Å²) in [5, 5.41) is 3.26. The minimum atomic E-state index is -3.37. The maximum atomic E-state index is 12.0. The lowest BCUT2D eigenvalue weighted by molar-refractivity contribution is 0.552. The Morgan fingerprint density at radius 2 is 2.22 bits per heavy atom. The Balaban J connectivity index is 0.00000162. The van der Waals surface area contributed by atoms with Crippen molar-refractivity contribution in [3.8, 4) is 0 Å². The van der Waals surface area contributed by atoms with Crippen LogP contribution in [0.2, 0.25) is 0 Å². The molecule has 7 heteroatoms. The summed E-state index contributed by atoms with van der Waals surface area (Å²) in [6.45, 7) is 1.45. The lowest BCUT2D eigenvalue weighted by Crippen LogP contribution is -2.37. The van der Waals surface area contributed by atoms with Gasteiger partial charge in [-0.3, -0.25) is 0 Å².